The van der Waals surface area contributed by atoms with Crippen molar-refractivity contribution >= 4 is 0 Å². The lowest BCUT2D eigenvalue weighted by Gasteiger charge is -2.13. The molecular formula is C13H19FO3. The van der Waals surface area contributed by atoms with Crippen molar-refractivity contribution < 1.29 is 19.0 Å². The number of ether oxygens (including phenoxy) is 2. The highest BCUT2D eigenvalue weighted by Crippen LogP contribution is 2.26. The van der Waals surface area contributed by atoms with Gasteiger partial charge < -0.3 is 14.6 Å². The highest BCUT2D eigenvalue weighted by Gasteiger charge is 2.10. The fourth-order valence-electron chi connectivity index (χ4n) is 1.51. The van der Waals surface area contributed by atoms with E-state index in [9.17, 15) is 9.50 Å². The molecule has 0 amide bonds. The third-order valence-electron chi connectivity index (χ3n) is 2.43. The SMILES string of the molecule is COCCCCOc1cc(F)ccc1[C@H](C)O. The predicted octanol–water partition coefficient (Wildman–Crippen LogP) is 2.68. The van der Waals surface area contributed by atoms with Crippen LogP contribution in [0.15, 0.2) is 18.2 Å². The molecule has 0 unspecified atom stereocenters. The summed E-state index contributed by atoms with van der Waals surface area (Å²) in [5.74, 6) is 0.0544. The van der Waals surface area contributed by atoms with Crippen LogP contribution >= 0.6 is 0 Å². The fraction of sp³-hybridized carbons (Fsp3) is 0.538. The summed E-state index contributed by atoms with van der Waals surface area (Å²) >= 11 is 0. The van der Waals surface area contributed by atoms with E-state index in [-0.39, 0.29) is 5.82 Å². The molecule has 17 heavy (non-hydrogen) atoms. The summed E-state index contributed by atoms with van der Waals surface area (Å²) in [5.41, 5.74) is 0.609. The van der Waals surface area contributed by atoms with E-state index < -0.39 is 6.10 Å². The second kappa shape index (κ2) is 7.25. The van der Waals surface area contributed by atoms with Crippen LogP contribution in [0, 0.1) is 5.82 Å². The Morgan fingerprint density at radius 1 is 1.29 bits per heavy atom. The van der Waals surface area contributed by atoms with Crippen LogP contribution in [0.1, 0.15) is 31.4 Å². The number of hydrogen-bond acceptors (Lipinski definition) is 3. The maximum Gasteiger partial charge on any atom is 0.127 e. The van der Waals surface area contributed by atoms with Gasteiger partial charge in [-0.25, -0.2) is 4.39 Å². The molecule has 0 aliphatic rings. The largest absolute Gasteiger partial charge is 0.493 e. The van der Waals surface area contributed by atoms with Crippen LogP contribution in [0.5, 0.6) is 5.75 Å². The molecular weight excluding hydrogens is 223 g/mol. The van der Waals surface area contributed by atoms with Crippen molar-refractivity contribution in [3.8, 4) is 5.75 Å². The lowest BCUT2D eigenvalue weighted by molar-refractivity contribution is 0.178. The van der Waals surface area contributed by atoms with E-state index in [0.29, 0.717) is 24.5 Å². The average Bonchev–Trinajstić information content (AvgIpc) is 2.28. The lowest BCUT2D eigenvalue weighted by Crippen LogP contribution is -2.04. The third-order valence-corrected chi connectivity index (χ3v) is 2.43. The molecule has 0 radical (unpaired) electrons. The van der Waals surface area contributed by atoms with Gasteiger partial charge in [-0.2, -0.15) is 0 Å². The molecule has 0 saturated heterocycles. The van der Waals surface area contributed by atoms with E-state index in [1.54, 1.807) is 20.1 Å². The fourth-order valence-corrected chi connectivity index (χ4v) is 1.51. The van der Waals surface area contributed by atoms with Crippen LogP contribution in [-0.4, -0.2) is 25.4 Å². The van der Waals surface area contributed by atoms with Gasteiger partial charge in [0.2, 0.25) is 0 Å². The highest BCUT2D eigenvalue weighted by molar-refractivity contribution is 5.35. The number of hydrogen-bond donors (Lipinski definition) is 1. The Balaban J connectivity index is 2.53. The van der Waals surface area contributed by atoms with Crippen LogP contribution in [0.2, 0.25) is 0 Å². The van der Waals surface area contributed by atoms with Gasteiger partial charge in [0.05, 0.1) is 12.7 Å². The quantitative estimate of drug-likeness (QED) is 0.747. The molecule has 0 saturated carbocycles. The van der Waals surface area contributed by atoms with Crippen molar-refractivity contribution in [1.82, 2.24) is 0 Å². The molecule has 0 spiro atoms. The van der Waals surface area contributed by atoms with Gasteiger partial charge in [0, 0.05) is 25.3 Å². The van der Waals surface area contributed by atoms with Gasteiger partial charge in [-0.05, 0) is 31.9 Å². The predicted molar refractivity (Wildman–Crippen MR) is 63.6 cm³/mol. The van der Waals surface area contributed by atoms with Gasteiger partial charge in [0.25, 0.3) is 0 Å². The normalized spacial score (nSPS) is 12.5. The van der Waals surface area contributed by atoms with Crippen molar-refractivity contribution in [2.75, 3.05) is 20.3 Å². The molecule has 0 aliphatic heterocycles. The van der Waals surface area contributed by atoms with E-state index in [0.717, 1.165) is 12.8 Å². The Kier molecular flexibility index (Phi) is 5.94. The zero-order valence-corrected chi connectivity index (χ0v) is 10.3. The number of rotatable bonds is 7. The molecule has 0 bridgehead atoms. The Hall–Kier alpha value is -1.13. The topological polar surface area (TPSA) is 38.7 Å². The lowest BCUT2D eigenvalue weighted by atomic mass is 10.1. The summed E-state index contributed by atoms with van der Waals surface area (Å²) in [5, 5.41) is 9.51. The molecule has 1 aromatic rings. The first kappa shape index (κ1) is 13.9. The van der Waals surface area contributed by atoms with Crippen molar-refractivity contribution in [3.05, 3.63) is 29.6 Å². The number of aliphatic hydroxyl groups excluding tert-OH is 1. The molecule has 0 aromatic heterocycles. The first-order valence-electron chi connectivity index (χ1n) is 5.74. The van der Waals surface area contributed by atoms with Crippen LogP contribution in [-0.2, 0) is 4.74 Å². The van der Waals surface area contributed by atoms with Crippen LogP contribution in [0.4, 0.5) is 4.39 Å². The second-order valence-electron chi connectivity index (χ2n) is 3.91. The number of aliphatic hydroxyl groups is 1. The Morgan fingerprint density at radius 3 is 2.65 bits per heavy atom. The Bertz CT molecular complexity index is 339. The monoisotopic (exact) mass is 242 g/mol. The van der Waals surface area contributed by atoms with E-state index in [1.807, 2.05) is 0 Å². The summed E-state index contributed by atoms with van der Waals surface area (Å²) in [6.07, 6.45) is 1.07. The zero-order chi connectivity index (χ0) is 12.7. The summed E-state index contributed by atoms with van der Waals surface area (Å²) in [7, 11) is 1.65. The maximum atomic E-state index is 13.1. The number of halogens is 1. The highest BCUT2D eigenvalue weighted by atomic mass is 19.1. The molecule has 1 N–H and O–H groups in total. The molecule has 0 aliphatic carbocycles. The first-order chi connectivity index (χ1) is 8.15. The minimum atomic E-state index is -0.662. The molecule has 1 aromatic carbocycles. The standard InChI is InChI=1S/C13H19FO3/c1-10(15)12-6-5-11(14)9-13(12)17-8-4-3-7-16-2/h5-6,9-10,15H,3-4,7-8H2,1-2H3/t10-/m0/s1. The second-order valence-corrected chi connectivity index (χ2v) is 3.91. The van der Waals surface area contributed by atoms with Gasteiger partial charge in [-0.1, -0.05) is 0 Å². The van der Waals surface area contributed by atoms with Crippen molar-refractivity contribution in [3.63, 3.8) is 0 Å². The van der Waals surface area contributed by atoms with Gasteiger partial charge in [0.15, 0.2) is 0 Å². The van der Waals surface area contributed by atoms with Gasteiger partial charge in [-0.15, -0.1) is 0 Å². The summed E-state index contributed by atoms with van der Waals surface area (Å²) in [4.78, 5) is 0. The number of unbranched alkanes of at least 4 members (excludes halogenated alkanes) is 1. The molecule has 0 fully saturated rings. The van der Waals surface area contributed by atoms with Crippen molar-refractivity contribution in [2.45, 2.75) is 25.9 Å². The van der Waals surface area contributed by atoms with E-state index in [2.05, 4.69) is 0 Å². The minimum Gasteiger partial charge on any atom is -0.493 e. The van der Waals surface area contributed by atoms with Gasteiger partial charge >= 0.3 is 0 Å². The van der Waals surface area contributed by atoms with Crippen molar-refractivity contribution in [2.24, 2.45) is 0 Å². The minimum absolute atomic E-state index is 0.360. The molecule has 0 heterocycles. The molecule has 4 heteroatoms. The zero-order valence-electron chi connectivity index (χ0n) is 10.3. The Labute approximate surface area is 101 Å². The summed E-state index contributed by atoms with van der Waals surface area (Å²) < 4.78 is 23.4. The van der Waals surface area contributed by atoms with Crippen molar-refractivity contribution in [1.29, 1.82) is 0 Å². The molecule has 3 nitrogen and oxygen atoms in total. The molecule has 1 rings (SSSR count). The average molecular weight is 242 g/mol. The first-order valence-corrected chi connectivity index (χ1v) is 5.74. The number of benzene rings is 1. The van der Waals surface area contributed by atoms with Gasteiger partial charge in [0.1, 0.15) is 11.6 Å². The van der Waals surface area contributed by atoms with Crippen LogP contribution in [0.3, 0.4) is 0 Å². The summed E-state index contributed by atoms with van der Waals surface area (Å²) in [6, 6.07) is 4.17. The number of methoxy groups -OCH3 is 1. The van der Waals surface area contributed by atoms with Crippen LogP contribution in [0.25, 0.3) is 0 Å². The third kappa shape index (κ3) is 4.71. The smallest absolute Gasteiger partial charge is 0.127 e. The van der Waals surface area contributed by atoms with Gasteiger partial charge in [-0.3, -0.25) is 0 Å². The Morgan fingerprint density at radius 2 is 2.00 bits per heavy atom. The van der Waals surface area contributed by atoms with Crippen LogP contribution < -0.4 is 4.74 Å². The van der Waals surface area contributed by atoms with E-state index >= 15 is 0 Å². The van der Waals surface area contributed by atoms with E-state index in [4.69, 9.17) is 9.47 Å². The molecule has 1 atom stereocenters. The van der Waals surface area contributed by atoms with E-state index in [1.165, 1.54) is 12.1 Å². The summed E-state index contributed by atoms with van der Waals surface area (Å²) in [6.45, 7) is 2.81. The maximum absolute atomic E-state index is 13.1. The molecule has 96 valence electrons.